The van der Waals surface area contributed by atoms with Crippen molar-refractivity contribution < 1.29 is 9.13 Å². The van der Waals surface area contributed by atoms with Crippen molar-refractivity contribution in [1.29, 1.82) is 0 Å². The van der Waals surface area contributed by atoms with Crippen LogP contribution >= 0.6 is 11.3 Å². The largest absolute Gasteiger partial charge is 0.378 e. The second kappa shape index (κ2) is 7.01. The molecule has 1 aliphatic heterocycles. The minimum absolute atomic E-state index is 0.237. The van der Waals surface area contributed by atoms with Crippen LogP contribution in [0.1, 0.15) is 29.5 Å². The third-order valence-electron chi connectivity index (χ3n) is 4.66. The van der Waals surface area contributed by atoms with Gasteiger partial charge in [0.25, 0.3) is 0 Å². The Kier molecular flexibility index (Phi) is 4.59. The molecule has 0 bridgehead atoms. The lowest BCUT2D eigenvalue weighted by Gasteiger charge is -2.33. The number of halogens is 1. The number of hydrogen-bond acceptors (Lipinski definition) is 6. The van der Waals surface area contributed by atoms with Gasteiger partial charge >= 0.3 is 0 Å². The summed E-state index contributed by atoms with van der Waals surface area (Å²) in [6, 6.07) is 6.79. The number of benzene rings is 1. The van der Waals surface area contributed by atoms with Crippen LogP contribution in [0, 0.1) is 5.82 Å². The molecule has 0 aliphatic carbocycles. The van der Waals surface area contributed by atoms with Crippen LogP contribution in [-0.2, 0) is 11.3 Å². The summed E-state index contributed by atoms with van der Waals surface area (Å²) in [5.41, 5.74) is 4.49. The highest BCUT2D eigenvalue weighted by molar-refractivity contribution is 7.09. The van der Waals surface area contributed by atoms with Crippen LogP contribution in [0.5, 0.6) is 0 Å². The minimum atomic E-state index is -0.237. The monoisotopic (exact) mass is 358 g/mol. The molecular weight excluding hydrogens is 339 g/mol. The van der Waals surface area contributed by atoms with E-state index in [2.05, 4.69) is 20.1 Å². The van der Waals surface area contributed by atoms with Crippen molar-refractivity contribution in [3.63, 3.8) is 0 Å². The van der Waals surface area contributed by atoms with Crippen LogP contribution < -0.4 is 4.90 Å². The van der Waals surface area contributed by atoms with Crippen molar-refractivity contribution in [1.82, 2.24) is 15.2 Å². The van der Waals surface area contributed by atoms with E-state index in [9.17, 15) is 4.39 Å². The number of piperidine rings is 1. The average molecular weight is 358 g/mol. The van der Waals surface area contributed by atoms with Crippen LogP contribution in [-0.4, -0.2) is 35.4 Å². The van der Waals surface area contributed by atoms with Gasteiger partial charge in [-0.3, -0.25) is 4.98 Å². The van der Waals surface area contributed by atoms with E-state index in [1.165, 1.54) is 6.07 Å². The Balaban J connectivity index is 1.65. The first-order valence-corrected chi connectivity index (χ1v) is 9.21. The van der Waals surface area contributed by atoms with Gasteiger partial charge in [0.1, 0.15) is 16.3 Å². The second-order valence-corrected chi connectivity index (χ2v) is 7.13. The van der Waals surface area contributed by atoms with E-state index in [1.807, 2.05) is 6.07 Å². The molecule has 4 rings (SSSR count). The first-order valence-electron chi connectivity index (χ1n) is 8.33. The van der Waals surface area contributed by atoms with Gasteiger partial charge in [0.05, 0.1) is 17.8 Å². The fourth-order valence-corrected chi connectivity index (χ4v) is 4.17. The maximum absolute atomic E-state index is 13.8. The molecule has 1 saturated heterocycles. The normalized spacial score (nSPS) is 15.8. The smallest absolute Gasteiger partial charge is 0.124 e. The summed E-state index contributed by atoms with van der Waals surface area (Å²) in [4.78, 5) is 6.90. The van der Waals surface area contributed by atoms with Crippen molar-refractivity contribution in [3.05, 3.63) is 46.3 Å². The quantitative estimate of drug-likeness (QED) is 0.711. The summed E-state index contributed by atoms with van der Waals surface area (Å²) in [5.74, 6) is 0.228. The molecule has 1 aromatic carbocycles. The molecule has 0 saturated carbocycles. The van der Waals surface area contributed by atoms with Gasteiger partial charge in [0, 0.05) is 37.2 Å². The highest BCUT2D eigenvalue weighted by Gasteiger charge is 2.24. The highest BCUT2D eigenvalue weighted by Crippen LogP contribution is 2.34. The molecule has 0 spiro atoms. The topological polar surface area (TPSA) is 51.1 Å². The zero-order chi connectivity index (χ0) is 17.2. The van der Waals surface area contributed by atoms with Crippen molar-refractivity contribution in [3.8, 4) is 0 Å². The number of hydrogen-bond donors (Lipinski definition) is 0. The summed E-state index contributed by atoms with van der Waals surface area (Å²) in [7, 11) is 1.66. The summed E-state index contributed by atoms with van der Waals surface area (Å²) >= 11 is 1.62. The number of ether oxygens (including phenoxy) is 1. The third-order valence-corrected chi connectivity index (χ3v) is 5.51. The van der Waals surface area contributed by atoms with Gasteiger partial charge in [-0.2, -0.15) is 0 Å². The van der Waals surface area contributed by atoms with Gasteiger partial charge in [0.2, 0.25) is 0 Å². The summed E-state index contributed by atoms with van der Waals surface area (Å²) in [6.07, 6.45) is 2.04. The van der Waals surface area contributed by atoms with Crippen molar-refractivity contribution in [2.75, 3.05) is 25.1 Å². The van der Waals surface area contributed by atoms with Gasteiger partial charge < -0.3 is 9.64 Å². The van der Waals surface area contributed by atoms with Crippen LogP contribution in [0.2, 0.25) is 0 Å². The Hall–Kier alpha value is -2.12. The standard InChI is InChI=1S/C18H19FN4OS/c1-24-10-14-9-17(15-8-13(19)2-3-16(15)21-14)23-6-4-12(5-7-23)18-22-20-11-25-18/h2-3,8-9,11-12H,4-7,10H2,1H3. The molecule has 5 nitrogen and oxygen atoms in total. The summed E-state index contributed by atoms with van der Waals surface area (Å²) in [5, 5.41) is 10.1. The average Bonchev–Trinajstić information content (AvgIpc) is 3.16. The second-order valence-electron chi connectivity index (χ2n) is 6.27. The van der Waals surface area contributed by atoms with Crippen molar-refractivity contribution in [2.24, 2.45) is 0 Å². The fourth-order valence-electron chi connectivity index (χ4n) is 3.44. The lowest BCUT2D eigenvalue weighted by Crippen LogP contribution is -2.33. The Morgan fingerprint density at radius 2 is 2.12 bits per heavy atom. The molecule has 0 N–H and O–H groups in total. The predicted molar refractivity (Wildman–Crippen MR) is 96.5 cm³/mol. The maximum atomic E-state index is 13.8. The molecule has 1 fully saturated rings. The third kappa shape index (κ3) is 3.34. The molecule has 1 aliphatic rings. The van der Waals surface area contributed by atoms with Crippen LogP contribution in [0.4, 0.5) is 10.1 Å². The number of anilines is 1. The number of rotatable bonds is 4. The molecular formula is C18H19FN4OS. The van der Waals surface area contributed by atoms with Crippen molar-refractivity contribution >= 4 is 27.9 Å². The van der Waals surface area contributed by atoms with Gasteiger partial charge in [-0.05, 0) is 37.1 Å². The molecule has 2 aromatic heterocycles. The van der Waals surface area contributed by atoms with Crippen LogP contribution in [0.15, 0.2) is 29.8 Å². The zero-order valence-corrected chi connectivity index (χ0v) is 14.8. The van der Waals surface area contributed by atoms with Crippen LogP contribution in [0.3, 0.4) is 0 Å². The highest BCUT2D eigenvalue weighted by atomic mass is 32.1. The molecule has 0 unspecified atom stereocenters. The van der Waals surface area contributed by atoms with Gasteiger partial charge in [-0.1, -0.05) is 0 Å². The molecule has 25 heavy (non-hydrogen) atoms. The fraction of sp³-hybridized carbons (Fsp3) is 0.389. The number of fused-ring (bicyclic) bond motifs is 1. The SMILES string of the molecule is COCc1cc(N2CCC(c3nncs3)CC2)c2cc(F)ccc2n1. The predicted octanol–water partition coefficient (Wildman–Crippen LogP) is 3.76. The number of pyridine rings is 1. The molecule has 0 radical (unpaired) electrons. The Morgan fingerprint density at radius 1 is 1.28 bits per heavy atom. The number of nitrogens with zero attached hydrogens (tertiary/aromatic N) is 4. The van der Waals surface area contributed by atoms with Crippen molar-refractivity contribution in [2.45, 2.75) is 25.4 Å². The van der Waals surface area contributed by atoms with Crippen LogP contribution in [0.25, 0.3) is 10.9 Å². The zero-order valence-electron chi connectivity index (χ0n) is 14.0. The first kappa shape index (κ1) is 16.4. The van der Waals surface area contributed by atoms with Gasteiger partial charge in [0.15, 0.2) is 0 Å². The molecule has 7 heteroatoms. The van der Waals surface area contributed by atoms with E-state index in [0.717, 1.165) is 53.2 Å². The summed E-state index contributed by atoms with van der Waals surface area (Å²) < 4.78 is 19.0. The van der Waals surface area contributed by atoms with Gasteiger partial charge in [-0.15, -0.1) is 21.5 Å². The Labute approximate surface area is 149 Å². The van der Waals surface area contributed by atoms with E-state index in [1.54, 1.807) is 36.1 Å². The van der Waals surface area contributed by atoms with E-state index in [0.29, 0.717) is 12.5 Å². The Morgan fingerprint density at radius 3 is 2.84 bits per heavy atom. The maximum Gasteiger partial charge on any atom is 0.124 e. The summed E-state index contributed by atoms with van der Waals surface area (Å²) in [6.45, 7) is 2.26. The molecule has 0 amide bonds. The number of methoxy groups -OCH3 is 1. The first-order chi connectivity index (χ1) is 12.2. The minimum Gasteiger partial charge on any atom is -0.378 e. The molecule has 3 aromatic rings. The van der Waals surface area contributed by atoms with E-state index < -0.39 is 0 Å². The Bertz CT molecular complexity index is 863. The van der Waals surface area contributed by atoms with Gasteiger partial charge in [-0.25, -0.2) is 4.39 Å². The molecule has 130 valence electrons. The van der Waals surface area contributed by atoms with E-state index in [4.69, 9.17) is 4.74 Å². The van der Waals surface area contributed by atoms with E-state index in [-0.39, 0.29) is 5.82 Å². The van der Waals surface area contributed by atoms with E-state index >= 15 is 0 Å². The number of aromatic nitrogens is 3. The molecule has 0 atom stereocenters. The lowest BCUT2D eigenvalue weighted by atomic mass is 9.96. The lowest BCUT2D eigenvalue weighted by molar-refractivity contribution is 0.182. The molecule has 3 heterocycles.